The number of hydrogen-bond donors (Lipinski definition) is 0. The molecule has 1 rings (SSSR count). The molecule has 1 aliphatic rings. The summed E-state index contributed by atoms with van der Waals surface area (Å²) in [7, 11) is 3.26. The molecular formula is C10H19NO3. The molecule has 1 heterocycles. The van der Waals surface area contributed by atoms with Crippen molar-refractivity contribution in [2.75, 3.05) is 14.2 Å². The topological polar surface area (TPSA) is 38.8 Å². The minimum absolute atomic E-state index is 0.00981. The third kappa shape index (κ3) is 2.25. The first kappa shape index (κ1) is 11.5. The average Bonchev–Trinajstić information content (AvgIpc) is 2.15. The lowest BCUT2D eigenvalue weighted by Crippen LogP contribution is -2.52. The standard InChI is InChI=1S/C10H19NO3/c1-7-5-9(13-3)11(8(2)12)10(6-7)14-4/h7,9-10H,5-6H2,1-4H3. The van der Waals surface area contributed by atoms with E-state index in [1.54, 1.807) is 26.0 Å². The van der Waals surface area contributed by atoms with Gasteiger partial charge in [-0.05, 0) is 18.8 Å². The van der Waals surface area contributed by atoms with E-state index in [1.165, 1.54) is 0 Å². The summed E-state index contributed by atoms with van der Waals surface area (Å²) in [6, 6.07) is 0. The van der Waals surface area contributed by atoms with E-state index in [0.717, 1.165) is 12.8 Å². The summed E-state index contributed by atoms with van der Waals surface area (Å²) in [4.78, 5) is 13.1. The minimum atomic E-state index is -0.138. The maximum absolute atomic E-state index is 11.4. The van der Waals surface area contributed by atoms with Gasteiger partial charge >= 0.3 is 0 Å². The van der Waals surface area contributed by atoms with Crippen LogP contribution in [0.25, 0.3) is 0 Å². The number of piperidine rings is 1. The SMILES string of the molecule is COC1CC(C)CC(OC)N1C(C)=O. The highest BCUT2D eigenvalue weighted by Crippen LogP contribution is 2.28. The first-order valence-electron chi connectivity index (χ1n) is 4.94. The zero-order valence-electron chi connectivity index (χ0n) is 9.32. The first-order valence-corrected chi connectivity index (χ1v) is 4.94. The van der Waals surface area contributed by atoms with Crippen molar-refractivity contribution in [3.8, 4) is 0 Å². The number of carbonyl (C=O) groups excluding carboxylic acids is 1. The molecule has 2 unspecified atom stereocenters. The van der Waals surface area contributed by atoms with Crippen LogP contribution in [0.4, 0.5) is 0 Å². The van der Waals surface area contributed by atoms with Crippen LogP contribution < -0.4 is 0 Å². The molecule has 1 aliphatic heterocycles. The molecule has 0 N–H and O–H groups in total. The summed E-state index contributed by atoms with van der Waals surface area (Å²) < 4.78 is 10.6. The quantitative estimate of drug-likeness (QED) is 0.674. The van der Waals surface area contributed by atoms with E-state index in [0.29, 0.717) is 5.92 Å². The smallest absolute Gasteiger partial charge is 0.223 e. The van der Waals surface area contributed by atoms with E-state index in [9.17, 15) is 4.79 Å². The molecule has 0 bridgehead atoms. The van der Waals surface area contributed by atoms with Crippen molar-refractivity contribution in [1.82, 2.24) is 4.90 Å². The van der Waals surface area contributed by atoms with Gasteiger partial charge in [0.15, 0.2) is 0 Å². The molecule has 0 spiro atoms. The monoisotopic (exact) mass is 201 g/mol. The Hall–Kier alpha value is -0.610. The van der Waals surface area contributed by atoms with Crippen molar-refractivity contribution in [2.24, 2.45) is 5.92 Å². The Kier molecular flexibility index (Phi) is 3.89. The maximum Gasteiger partial charge on any atom is 0.223 e. The molecule has 4 heteroatoms. The number of hydrogen-bond acceptors (Lipinski definition) is 3. The highest BCUT2D eigenvalue weighted by Gasteiger charge is 2.35. The van der Waals surface area contributed by atoms with Gasteiger partial charge in [-0.1, -0.05) is 6.92 Å². The molecule has 1 amide bonds. The molecular weight excluding hydrogens is 182 g/mol. The van der Waals surface area contributed by atoms with Gasteiger partial charge in [-0.3, -0.25) is 9.69 Å². The lowest BCUT2D eigenvalue weighted by molar-refractivity contribution is -0.184. The van der Waals surface area contributed by atoms with Crippen molar-refractivity contribution in [2.45, 2.75) is 39.1 Å². The van der Waals surface area contributed by atoms with Crippen molar-refractivity contribution in [3.63, 3.8) is 0 Å². The molecule has 2 atom stereocenters. The van der Waals surface area contributed by atoms with Crippen molar-refractivity contribution in [3.05, 3.63) is 0 Å². The Labute approximate surface area is 85.2 Å². The number of ether oxygens (including phenoxy) is 2. The summed E-state index contributed by atoms with van der Waals surface area (Å²) in [6.07, 6.45) is 1.49. The second-order valence-electron chi connectivity index (χ2n) is 3.88. The molecule has 14 heavy (non-hydrogen) atoms. The minimum Gasteiger partial charge on any atom is -0.361 e. The number of carbonyl (C=O) groups is 1. The molecule has 1 fully saturated rings. The molecule has 4 nitrogen and oxygen atoms in total. The number of amides is 1. The number of nitrogens with zero attached hydrogens (tertiary/aromatic N) is 1. The Bertz CT molecular complexity index is 194. The molecule has 0 aliphatic carbocycles. The summed E-state index contributed by atoms with van der Waals surface area (Å²) >= 11 is 0. The van der Waals surface area contributed by atoms with Crippen LogP contribution in [-0.4, -0.2) is 37.5 Å². The average molecular weight is 201 g/mol. The van der Waals surface area contributed by atoms with Crippen molar-refractivity contribution >= 4 is 5.91 Å². The van der Waals surface area contributed by atoms with E-state index in [4.69, 9.17) is 9.47 Å². The third-order valence-corrected chi connectivity index (χ3v) is 2.74. The van der Waals surface area contributed by atoms with Gasteiger partial charge in [-0.2, -0.15) is 0 Å². The van der Waals surface area contributed by atoms with Gasteiger partial charge < -0.3 is 9.47 Å². The van der Waals surface area contributed by atoms with E-state index in [2.05, 4.69) is 6.92 Å². The summed E-state index contributed by atoms with van der Waals surface area (Å²) in [5.74, 6) is 0.538. The molecule has 82 valence electrons. The molecule has 0 saturated carbocycles. The second-order valence-corrected chi connectivity index (χ2v) is 3.88. The third-order valence-electron chi connectivity index (χ3n) is 2.74. The summed E-state index contributed by atoms with van der Waals surface area (Å²) in [5, 5.41) is 0. The fraction of sp³-hybridized carbons (Fsp3) is 0.900. The Balaban J connectivity index is 2.77. The van der Waals surface area contributed by atoms with Crippen LogP contribution in [-0.2, 0) is 14.3 Å². The lowest BCUT2D eigenvalue weighted by Gasteiger charge is -2.42. The second kappa shape index (κ2) is 4.75. The van der Waals surface area contributed by atoms with Gasteiger partial charge in [0.2, 0.25) is 5.91 Å². The van der Waals surface area contributed by atoms with Crippen LogP contribution in [0, 0.1) is 5.92 Å². The molecule has 1 saturated heterocycles. The van der Waals surface area contributed by atoms with Crippen LogP contribution in [0.3, 0.4) is 0 Å². The molecule has 0 aromatic heterocycles. The first-order chi connectivity index (χ1) is 6.60. The summed E-state index contributed by atoms with van der Waals surface area (Å²) in [6.45, 7) is 3.70. The lowest BCUT2D eigenvalue weighted by atomic mass is 9.96. The predicted molar refractivity (Wildman–Crippen MR) is 52.5 cm³/mol. The van der Waals surface area contributed by atoms with Crippen LogP contribution in [0.1, 0.15) is 26.7 Å². The van der Waals surface area contributed by atoms with Gasteiger partial charge in [-0.15, -0.1) is 0 Å². The number of methoxy groups -OCH3 is 2. The van der Waals surface area contributed by atoms with E-state index in [-0.39, 0.29) is 18.4 Å². The van der Waals surface area contributed by atoms with Gasteiger partial charge in [0.25, 0.3) is 0 Å². The van der Waals surface area contributed by atoms with Gasteiger partial charge in [0.05, 0.1) is 0 Å². The Morgan fingerprint density at radius 1 is 1.21 bits per heavy atom. The Morgan fingerprint density at radius 2 is 1.64 bits per heavy atom. The molecule has 0 aromatic carbocycles. The van der Waals surface area contributed by atoms with Gasteiger partial charge in [0, 0.05) is 21.1 Å². The van der Waals surface area contributed by atoms with Gasteiger partial charge in [0.1, 0.15) is 12.5 Å². The maximum atomic E-state index is 11.4. The fourth-order valence-corrected chi connectivity index (χ4v) is 2.02. The zero-order chi connectivity index (χ0) is 10.7. The fourth-order valence-electron chi connectivity index (χ4n) is 2.02. The van der Waals surface area contributed by atoms with Crippen LogP contribution in [0.5, 0.6) is 0 Å². The van der Waals surface area contributed by atoms with E-state index >= 15 is 0 Å². The normalized spacial score (nSPS) is 33.1. The van der Waals surface area contributed by atoms with Gasteiger partial charge in [-0.25, -0.2) is 0 Å². The van der Waals surface area contributed by atoms with Crippen LogP contribution in [0.15, 0.2) is 0 Å². The molecule has 0 aromatic rings. The van der Waals surface area contributed by atoms with Crippen molar-refractivity contribution < 1.29 is 14.3 Å². The summed E-state index contributed by atoms with van der Waals surface area (Å²) in [5.41, 5.74) is 0. The van der Waals surface area contributed by atoms with Crippen molar-refractivity contribution in [1.29, 1.82) is 0 Å². The van der Waals surface area contributed by atoms with E-state index in [1.807, 2.05) is 0 Å². The van der Waals surface area contributed by atoms with Crippen LogP contribution in [0.2, 0.25) is 0 Å². The van der Waals surface area contributed by atoms with Crippen LogP contribution >= 0.6 is 0 Å². The highest BCUT2D eigenvalue weighted by molar-refractivity contribution is 5.73. The number of likely N-dealkylation sites (tertiary alicyclic amines) is 1. The predicted octanol–water partition coefficient (Wildman–Crippen LogP) is 1.21. The zero-order valence-corrected chi connectivity index (χ0v) is 9.32. The molecule has 0 radical (unpaired) electrons. The highest BCUT2D eigenvalue weighted by atomic mass is 16.5. The van der Waals surface area contributed by atoms with E-state index < -0.39 is 0 Å². The number of rotatable bonds is 2. The largest absolute Gasteiger partial charge is 0.361 e. The Morgan fingerprint density at radius 3 is 1.93 bits per heavy atom.